The lowest BCUT2D eigenvalue weighted by molar-refractivity contribution is -0.155. The minimum atomic E-state index is -0.981. The minimum absolute atomic E-state index is 0.286. The van der Waals surface area contributed by atoms with Gasteiger partial charge in [0.25, 0.3) is 5.91 Å². The van der Waals surface area contributed by atoms with Gasteiger partial charge in [-0.15, -0.1) is 0 Å². The van der Waals surface area contributed by atoms with Crippen molar-refractivity contribution >= 4 is 33.5 Å². The summed E-state index contributed by atoms with van der Waals surface area (Å²) in [5.74, 6) is -0.867. The summed E-state index contributed by atoms with van der Waals surface area (Å²) >= 11 is 3.30. The van der Waals surface area contributed by atoms with E-state index >= 15 is 0 Å². The van der Waals surface area contributed by atoms with E-state index in [2.05, 4.69) is 21.2 Å². The Kier molecular flexibility index (Phi) is 6.54. The van der Waals surface area contributed by atoms with Crippen molar-refractivity contribution in [2.24, 2.45) is 0 Å². The Hall–Kier alpha value is -2.85. The van der Waals surface area contributed by atoms with Gasteiger partial charge in [0.2, 0.25) is 0 Å². The number of hydrogen-bond donors (Lipinski definition) is 1. The Bertz CT molecular complexity index is 799. The van der Waals surface area contributed by atoms with Crippen LogP contribution >= 0.6 is 15.9 Å². The molecule has 0 aliphatic rings. The molecule has 2 aromatic rings. The van der Waals surface area contributed by atoms with Crippen LogP contribution in [0.15, 0.2) is 53.0 Å². The first-order valence-corrected chi connectivity index (χ1v) is 8.16. The molecule has 2 aromatic carbocycles. The summed E-state index contributed by atoms with van der Waals surface area (Å²) in [4.78, 5) is 23.8. The molecular formula is C18H15BrN2O4. The summed E-state index contributed by atoms with van der Waals surface area (Å²) in [6.45, 7) is 1.07. The lowest BCUT2D eigenvalue weighted by Crippen LogP contribution is -2.31. The van der Waals surface area contributed by atoms with Gasteiger partial charge in [-0.05, 0) is 43.3 Å². The Labute approximate surface area is 153 Å². The number of halogens is 1. The number of para-hydroxylation sites is 1. The van der Waals surface area contributed by atoms with E-state index in [-0.39, 0.29) is 5.75 Å². The third kappa shape index (κ3) is 5.62. The highest BCUT2D eigenvalue weighted by molar-refractivity contribution is 9.10. The summed E-state index contributed by atoms with van der Waals surface area (Å²) in [5.41, 5.74) is 0.909. The number of benzene rings is 2. The number of nitrogens with one attached hydrogen (secondary N) is 1. The second kappa shape index (κ2) is 8.85. The molecule has 1 atom stereocenters. The van der Waals surface area contributed by atoms with Crippen molar-refractivity contribution in [2.75, 3.05) is 11.9 Å². The Morgan fingerprint density at radius 2 is 1.88 bits per heavy atom. The second-order valence-corrected chi connectivity index (χ2v) is 5.94. The molecular weight excluding hydrogens is 388 g/mol. The number of carbonyl (C=O) groups is 2. The molecule has 128 valence electrons. The van der Waals surface area contributed by atoms with E-state index in [1.165, 1.54) is 6.92 Å². The topological polar surface area (TPSA) is 88.4 Å². The highest BCUT2D eigenvalue weighted by Crippen LogP contribution is 2.17. The van der Waals surface area contributed by atoms with E-state index in [9.17, 15) is 9.59 Å². The van der Waals surface area contributed by atoms with Crippen LogP contribution in [0.4, 0.5) is 5.69 Å². The number of nitrogens with zero attached hydrogens (tertiary/aromatic N) is 1. The smallest absolute Gasteiger partial charge is 0.344 e. The molecule has 0 fully saturated rings. The maximum absolute atomic E-state index is 12.0. The molecule has 1 amide bonds. The van der Waals surface area contributed by atoms with E-state index in [1.807, 2.05) is 6.07 Å². The third-order valence-electron chi connectivity index (χ3n) is 3.14. The summed E-state index contributed by atoms with van der Waals surface area (Å²) in [5, 5.41) is 11.6. The van der Waals surface area contributed by atoms with Crippen LogP contribution in [0.5, 0.6) is 5.75 Å². The normalized spacial score (nSPS) is 11.1. The Balaban J connectivity index is 1.84. The van der Waals surface area contributed by atoms with Gasteiger partial charge >= 0.3 is 5.97 Å². The monoisotopic (exact) mass is 402 g/mol. The fourth-order valence-corrected chi connectivity index (χ4v) is 2.15. The van der Waals surface area contributed by atoms with Gasteiger partial charge in [-0.1, -0.05) is 28.1 Å². The molecule has 1 N–H and O–H groups in total. The van der Waals surface area contributed by atoms with Crippen LogP contribution < -0.4 is 10.1 Å². The highest BCUT2D eigenvalue weighted by atomic mass is 79.9. The van der Waals surface area contributed by atoms with Gasteiger partial charge in [0.1, 0.15) is 11.8 Å². The van der Waals surface area contributed by atoms with Crippen LogP contribution in [-0.2, 0) is 14.3 Å². The van der Waals surface area contributed by atoms with Crippen molar-refractivity contribution in [1.29, 1.82) is 5.26 Å². The molecule has 25 heavy (non-hydrogen) atoms. The zero-order chi connectivity index (χ0) is 18.2. The molecule has 0 unspecified atom stereocenters. The summed E-state index contributed by atoms with van der Waals surface area (Å²) in [6.07, 6.45) is -0.981. The lowest BCUT2D eigenvalue weighted by Gasteiger charge is -2.14. The highest BCUT2D eigenvalue weighted by Gasteiger charge is 2.18. The van der Waals surface area contributed by atoms with E-state index in [0.717, 1.165) is 4.47 Å². The number of carbonyl (C=O) groups excluding carboxylic acids is 2. The van der Waals surface area contributed by atoms with Crippen molar-refractivity contribution in [1.82, 2.24) is 0 Å². The van der Waals surface area contributed by atoms with Gasteiger partial charge in [0.15, 0.2) is 12.7 Å². The first-order valence-electron chi connectivity index (χ1n) is 7.37. The van der Waals surface area contributed by atoms with Crippen LogP contribution in [-0.4, -0.2) is 24.6 Å². The van der Waals surface area contributed by atoms with E-state index < -0.39 is 24.6 Å². The van der Waals surface area contributed by atoms with Gasteiger partial charge in [-0.25, -0.2) is 4.79 Å². The number of rotatable bonds is 6. The molecule has 2 rings (SSSR count). The first kappa shape index (κ1) is 18.5. The minimum Gasteiger partial charge on any atom is -0.481 e. The van der Waals surface area contributed by atoms with Crippen molar-refractivity contribution in [3.8, 4) is 11.8 Å². The summed E-state index contributed by atoms with van der Waals surface area (Å²) in [7, 11) is 0. The van der Waals surface area contributed by atoms with Crippen LogP contribution in [0.25, 0.3) is 0 Å². The first-order chi connectivity index (χ1) is 12.0. The number of ether oxygens (including phenoxy) is 2. The largest absolute Gasteiger partial charge is 0.481 e. The average Bonchev–Trinajstić information content (AvgIpc) is 2.62. The summed E-state index contributed by atoms with van der Waals surface area (Å²) < 4.78 is 11.2. The average molecular weight is 403 g/mol. The number of hydrogen-bond acceptors (Lipinski definition) is 5. The number of anilines is 1. The van der Waals surface area contributed by atoms with Crippen molar-refractivity contribution in [3.63, 3.8) is 0 Å². The molecule has 0 saturated carbocycles. The predicted molar refractivity (Wildman–Crippen MR) is 95.0 cm³/mol. The molecule has 0 heterocycles. The summed E-state index contributed by atoms with van der Waals surface area (Å²) in [6, 6.07) is 15.5. The zero-order valence-corrected chi connectivity index (χ0v) is 14.9. The molecule has 0 aliphatic carbocycles. The fraction of sp³-hybridized carbons (Fsp3) is 0.167. The SMILES string of the molecule is C[C@@H](OC(=O)COc1ccccc1C#N)C(=O)Nc1ccc(Br)cc1. The van der Waals surface area contributed by atoms with Crippen LogP contribution in [0.3, 0.4) is 0 Å². The maximum Gasteiger partial charge on any atom is 0.344 e. The van der Waals surface area contributed by atoms with Crippen molar-refractivity contribution in [2.45, 2.75) is 13.0 Å². The number of amides is 1. The molecule has 0 saturated heterocycles. The quantitative estimate of drug-likeness (QED) is 0.748. The molecule has 6 nitrogen and oxygen atoms in total. The van der Waals surface area contributed by atoms with Crippen LogP contribution in [0.2, 0.25) is 0 Å². The molecule has 0 radical (unpaired) electrons. The van der Waals surface area contributed by atoms with Crippen LogP contribution in [0, 0.1) is 11.3 Å². The second-order valence-electron chi connectivity index (χ2n) is 5.02. The van der Waals surface area contributed by atoms with Gasteiger partial charge in [0, 0.05) is 10.2 Å². The van der Waals surface area contributed by atoms with Gasteiger partial charge in [-0.2, -0.15) is 5.26 Å². The Morgan fingerprint density at radius 1 is 1.20 bits per heavy atom. The lowest BCUT2D eigenvalue weighted by atomic mass is 10.2. The fourth-order valence-electron chi connectivity index (χ4n) is 1.88. The standard InChI is InChI=1S/C18H15BrN2O4/c1-12(18(23)21-15-8-6-14(19)7-9-15)25-17(22)11-24-16-5-3-2-4-13(16)10-20/h2-9,12H,11H2,1H3,(H,21,23)/t12-/m1/s1. The van der Waals surface area contributed by atoms with Gasteiger partial charge in [0.05, 0.1) is 5.56 Å². The number of esters is 1. The van der Waals surface area contributed by atoms with Crippen molar-refractivity contribution < 1.29 is 19.1 Å². The predicted octanol–water partition coefficient (Wildman–Crippen LogP) is 3.27. The Morgan fingerprint density at radius 3 is 2.56 bits per heavy atom. The molecule has 0 bridgehead atoms. The van der Waals surface area contributed by atoms with Gasteiger partial charge < -0.3 is 14.8 Å². The molecule has 7 heteroatoms. The molecule has 0 spiro atoms. The van der Waals surface area contributed by atoms with Crippen molar-refractivity contribution in [3.05, 3.63) is 58.6 Å². The molecule has 0 aliphatic heterocycles. The third-order valence-corrected chi connectivity index (χ3v) is 3.67. The zero-order valence-electron chi connectivity index (χ0n) is 13.4. The van der Waals surface area contributed by atoms with E-state index in [0.29, 0.717) is 11.3 Å². The maximum atomic E-state index is 12.0. The van der Waals surface area contributed by atoms with E-state index in [1.54, 1.807) is 48.5 Å². The number of nitriles is 1. The van der Waals surface area contributed by atoms with E-state index in [4.69, 9.17) is 14.7 Å². The van der Waals surface area contributed by atoms with Crippen LogP contribution in [0.1, 0.15) is 12.5 Å². The molecule has 0 aromatic heterocycles. The van der Waals surface area contributed by atoms with Gasteiger partial charge in [-0.3, -0.25) is 4.79 Å².